The second kappa shape index (κ2) is 38.5. The molecule has 2 aliphatic heterocycles. The van der Waals surface area contributed by atoms with Crippen LogP contribution in [0.1, 0.15) is 124 Å². The van der Waals surface area contributed by atoms with Crippen LogP contribution in [0.15, 0.2) is 77.6 Å². The molecule has 15 nitrogen and oxygen atoms in total. The van der Waals surface area contributed by atoms with Crippen LogP contribution in [0.25, 0.3) is 10.9 Å². The first-order valence-corrected chi connectivity index (χ1v) is 26.5. The van der Waals surface area contributed by atoms with Crippen molar-refractivity contribution in [3.63, 3.8) is 0 Å². The van der Waals surface area contributed by atoms with E-state index in [0.717, 1.165) is 55.5 Å². The highest BCUT2D eigenvalue weighted by molar-refractivity contribution is 6.55. The van der Waals surface area contributed by atoms with Crippen LogP contribution in [0.3, 0.4) is 0 Å². The van der Waals surface area contributed by atoms with Crippen LogP contribution in [-0.4, -0.2) is 72.0 Å². The van der Waals surface area contributed by atoms with Crippen LogP contribution in [0.5, 0.6) is 0 Å². The maximum Gasteiger partial charge on any atom is 0.277 e. The molecule has 0 radical (unpaired) electrons. The quantitative estimate of drug-likeness (QED) is 0.0336. The van der Waals surface area contributed by atoms with E-state index >= 15 is 0 Å². The fourth-order valence-electron chi connectivity index (χ4n) is 7.16. The van der Waals surface area contributed by atoms with Crippen molar-refractivity contribution in [3.8, 4) is 0 Å². The lowest BCUT2D eigenvalue weighted by molar-refractivity contribution is -0.385. The van der Waals surface area contributed by atoms with Gasteiger partial charge in [-0.2, -0.15) is 0 Å². The van der Waals surface area contributed by atoms with Gasteiger partial charge in [0.2, 0.25) is 17.7 Å². The van der Waals surface area contributed by atoms with Gasteiger partial charge in [0, 0.05) is 69.7 Å². The number of nitro groups is 2. The van der Waals surface area contributed by atoms with E-state index in [0.29, 0.717) is 59.2 Å². The van der Waals surface area contributed by atoms with Crippen molar-refractivity contribution in [2.45, 2.75) is 136 Å². The number of aromatic nitrogens is 3. The Bertz CT molecular complexity index is 2960. The van der Waals surface area contributed by atoms with Crippen molar-refractivity contribution in [3.05, 3.63) is 180 Å². The average Bonchev–Trinajstić information content (AvgIpc) is 4.04. The van der Waals surface area contributed by atoms with Crippen LogP contribution in [0.2, 0.25) is 25.1 Å². The van der Waals surface area contributed by atoms with E-state index in [2.05, 4.69) is 10.3 Å². The van der Waals surface area contributed by atoms with Gasteiger partial charge in [-0.05, 0) is 99.7 Å². The van der Waals surface area contributed by atoms with Gasteiger partial charge in [-0.3, -0.25) is 44.3 Å². The number of nitro benzene ring substituents is 2. The molecule has 6 aromatic rings. The van der Waals surface area contributed by atoms with Gasteiger partial charge in [0.05, 0.1) is 40.3 Å². The van der Waals surface area contributed by atoms with Gasteiger partial charge in [0.15, 0.2) is 23.3 Å². The third-order valence-electron chi connectivity index (χ3n) is 11.7. The molecule has 2 aliphatic rings. The Morgan fingerprint density at radius 3 is 1.47 bits per heavy atom. The Labute approximate surface area is 496 Å². The molecule has 0 atom stereocenters. The molecule has 0 bridgehead atoms. The Morgan fingerprint density at radius 1 is 0.543 bits per heavy atom. The van der Waals surface area contributed by atoms with Gasteiger partial charge in [-0.25, -0.2) is 22.2 Å². The Kier molecular flexibility index (Phi) is 36.5. The summed E-state index contributed by atoms with van der Waals surface area (Å²) in [5, 5.41) is 30.3. The van der Waals surface area contributed by atoms with Gasteiger partial charge in [-0.1, -0.05) is 150 Å². The number of likely N-dealkylation sites (tertiary alicyclic amines) is 2. The molecule has 3 amide bonds. The zero-order valence-electron chi connectivity index (χ0n) is 44.2. The van der Waals surface area contributed by atoms with Crippen LogP contribution < -0.4 is 5.56 Å². The van der Waals surface area contributed by atoms with E-state index in [9.17, 15) is 57.0 Å². The van der Waals surface area contributed by atoms with Gasteiger partial charge in [0.1, 0.15) is 5.52 Å². The zero-order valence-corrected chi connectivity index (χ0v) is 48.0. The Balaban J connectivity index is 0. The molecule has 1 aromatic heterocycles. The predicted octanol–water partition coefficient (Wildman–Crippen LogP) is 16.4. The minimum atomic E-state index is -1.74. The summed E-state index contributed by atoms with van der Waals surface area (Å²) in [6.07, 6.45) is 5.19. The molecule has 2 saturated heterocycles. The van der Waals surface area contributed by atoms with E-state index in [1.165, 1.54) is 34.7 Å². The molecule has 3 heterocycles. The number of imide groups is 1. The van der Waals surface area contributed by atoms with Crippen LogP contribution in [0.4, 0.5) is 28.9 Å². The van der Waals surface area contributed by atoms with E-state index < -0.39 is 23.3 Å². The number of carbonyl (C=O) groups is 3. The first-order valence-electron chi connectivity index (χ1n) is 24.6. The van der Waals surface area contributed by atoms with E-state index in [4.69, 9.17) is 58.0 Å². The summed E-state index contributed by atoms with van der Waals surface area (Å²) in [5.74, 6) is -5.81. The number of benzene rings is 5. The second-order valence-electron chi connectivity index (χ2n) is 16.5. The normalized spacial score (nSPS) is 11.8. The van der Waals surface area contributed by atoms with Gasteiger partial charge < -0.3 is 4.90 Å². The summed E-state index contributed by atoms with van der Waals surface area (Å²) in [4.78, 5) is 66.7. The molecule has 8 rings (SSSR count). The van der Waals surface area contributed by atoms with Gasteiger partial charge in [-0.15, -0.1) is 5.10 Å². The number of halogens is 9. The lowest BCUT2D eigenvalue weighted by Gasteiger charge is -2.10. The summed E-state index contributed by atoms with van der Waals surface area (Å²) in [5.41, 5.74) is 3.46. The first kappa shape index (κ1) is 76.8. The number of rotatable bonds is 9. The first-order chi connectivity index (χ1) is 36.9. The summed E-state index contributed by atoms with van der Waals surface area (Å²) in [6, 6.07) is 20.5. The van der Waals surface area contributed by atoms with E-state index in [1.54, 1.807) is 50.2 Å². The fraction of sp³-hybridized carbons (Fsp3) is 0.404. The van der Waals surface area contributed by atoms with Gasteiger partial charge >= 0.3 is 0 Å². The largest absolute Gasteiger partial charge is 0.343 e. The van der Waals surface area contributed by atoms with Crippen LogP contribution in [-0.2, 0) is 46.6 Å². The van der Waals surface area contributed by atoms with Crippen molar-refractivity contribution in [1.82, 2.24) is 24.8 Å². The number of amides is 3. The number of non-ortho nitro benzene ring substituents is 2. The lowest BCUT2D eigenvalue weighted by atomic mass is 10.0. The molecule has 2 fully saturated rings. The standard InChI is InChI=1S/C9H8F4.C9H9N3O.C8H5Cl5.2C8H9NO2.C6H9NO2.C6H11NO.3CH4/c1-3-5-4(2)6(10)8(12)9(13)7(5)11;1-2-12-9(13)7-5-3-4-6-8(7)10-11-12;1-2-3-4(9)6(11)8(13)7(12)5(3)10;1-2-7-3-5-8(6-4-7)9(10)11;1-2-7-4-3-5-8(6-7)9(10)11;1-2-7-5(8)3-4-6(7)9;1-2-7-5-3-4-6(7)8;;;/h3H2,1-2H3;3-6H,2H2,1H3;2H2,1H3;2*3-6H,2H2,1H3;2-4H2,1H3;2-5H2,1H3;3*1H4. The van der Waals surface area contributed by atoms with Crippen molar-refractivity contribution < 1.29 is 41.8 Å². The summed E-state index contributed by atoms with van der Waals surface area (Å²) in [6.45, 7) is 17.3. The summed E-state index contributed by atoms with van der Waals surface area (Å²) < 4.78 is 52.3. The van der Waals surface area contributed by atoms with Gasteiger partial charge in [0.25, 0.3) is 16.9 Å². The predicted molar refractivity (Wildman–Crippen MR) is 319 cm³/mol. The molecule has 5 aromatic carbocycles. The summed E-state index contributed by atoms with van der Waals surface area (Å²) >= 11 is 29.3. The minimum Gasteiger partial charge on any atom is -0.343 e. The zero-order chi connectivity index (χ0) is 59.0. The molecule has 446 valence electrons. The topological polar surface area (TPSA) is 192 Å². The average molecular weight is 1240 g/mol. The SMILES string of the molecule is C.C.C.CCN1C(=O)CCC1=O.CCN1CCCC1=O.CCc1c(C)c(F)c(F)c(F)c1F.CCc1c(Cl)c(Cl)c(Cl)c(Cl)c1Cl.CCc1ccc([N+](=O)[O-])cc1.CCc1cccc([N+](=O)[O-])c1.CCn1nnc2ccccc2c1=O. The van der Waals surface area contributed by atoms with Crippen molar-refractivity contribution in [2.24, 2.45) is 0 Å². The maximum absolute atomic E-state index is 12.9. The fourth-order valence-corrected chi connectivity index (χ4v) is 8.60. The molecule has 81 heavy (non-hydrogen) atoms. The molecule has 0 aliphatic carbocycles. The number of aryl methyl sites for hydroxylation is 3. The number of carbonyl (C=O) groups excluding carboxylic acids is 3. The van der Waals surface area contributed by atoms with Crippen molar-refractivity contribution in [2.75, 3.05) is 19.6 Å². The molecular weight excluding hydrogens is 1160 g/mol. The van der Waals surface area contributed by atoms with Crippen molar-refractivity contribution in [1.29, 1.82) is 0 Å². The second-order valence-corrected chi connectivity index (χ2v) is 18.4. The molecule has 24 heteroatoms. The minimum absolute atomic E-state index is 0. The monoisotopic (exact) mass is 1230 g/mol. The Hall–Kier alpha value is -6.25. The number of fused-ring (bicyclic) bond motifs is 1. The van der Waals surface area contributed by atoms with Crippen molar-refractivity contribution >= 4 is 98.0 Å². The molecule has 0 spiro atoms. The molecule has 0 saturated carbocycles. The number of hydrogen-bond acceptors (Lipinski definition) is 10. The molecule has 0 N–H and O–H groups in total. The highest BCUT2D eigenvalue weighted by atomic mass is 35.5. The molecule has 0 unspecified atom stereocenters. The van der Waals surface area contributed by atoms with Crippen LogP contribution >= 0.6 is 58.0 Å². The number of nitrogens with zero attached hydrogens (tertiary/aromatic N) is 7. The highest BCUT2D eigenvalue weighted by Crippen LogP contribution is 2.44. The smallest absolute Gasteiger partial charge is 0.277 e. The highest BCUT2D eigenvalue weighted by Gasteiger charge is 2.27. The number of hydrogen-bond donors (Lipinski definition) is 0. The van der Waals surface area contributed by atoms with E-state index in [-0.39, 0.29) is 93.5 Å². The third kappa shape index (κ3) is 22.2. The Morgan fingerprint density at radius 2 is 1.05 bits per heavy atom. The summed E-state index contributed by atoms with van der Waals surface area (Å²) in [7, 11) is 0. The van der Waals surface area contributed by atoms with E-state index in [1.807, 2.05) is 57.7 Å². The lowest BCUT2D eigenvalue weighted by Crippen LogP contribution is -2.28. The maximum atomic E-state index is 12.9. The third-order valence-corrected chi connectivity index (χ3v) is 14.0. The van der Waals surface area contributed by atoms with Crippen LogP contribution in [0, 0.1) is 50.4 Å². The molecular formula is C57H72Cl5F4N7O8.